The molecule has 4 heterocycles. The summed E-state index contributed by atoms with van der Waals surface area (Å²) < 4.78 is 3.74. The van der Waals surface area contributed by atoms with Crippen LogP contribution in [0.1, 0.15) is 25.6 Å². The van der Waals surface area contributed by atoms with Crippen molar-refractivity contribution in [3.63, 3.8) is 0 Å². The number of aromatic nitrogens is 5. The van der Waals surface area contributed by atoms with E-state index >= 15 is 0 Å². The van der Waals surface area contributed by atoms with E-state index < -0.39 is 0 Å². The van der Waals surface area contributed by atoms with Crippen molar-refractivity contribution in [2.24, 2.45) is 7.05 Å². The van der Waals surface area contributed by atoms with Gasteiger partial charge in [0, 0.05) is 53.9 Å². The van der Waals surface area contributed by atoms with Crippen LogP contribution in [0.2, 0.25) is 0 Å². The second kappa shape index (κ2) is 11.6. The highest BCUT2D eigenvalue weighted by atomic mass is 32.1. The molecule has 0 bridgehead atoms. The fraction of sp³-hybridized carbons (Fsp3) is 0.129. The van der Waals surface area contributed by atoms with Gasteiger partial charge < -0.3 is 9.88 Å². The maximum atomic E-state index is 13.3. The van der Waals surface area contributed by atoms with E-state index in [4.69, 9.17) is 4.98 Å². The maximum absolute atomic E-state index is 13.3. The fourth-order valence-electron chi connectivity index (χ4n) is 4.58. The highest BCUT2D eigenvalue weighted by Gasteiger charge is 2.17. The van der Waals surface area contributed by atoms with Crippen LogP contribution in [0.25, 0.3) is 21.5 Å². The highest BCUT2D eigenvalue weighted by Crippen LogP contribution is 2.29. The predicted molar refractivity (Wildman–Crippen MR) is 161 cm³/mol. The molecule has 6 rings (SSSR count). The van der Waals surface area contributed by atoms with Gasteiger partial charge in [0.25, 0.3) is 5.91 Å². The predicted octanol–water partition coefficient (Wildman–Crippen LogP) is 5.68. The number of hydrogen-bond acceptors (Lipinski definition) is 7. The number of Topliss-reactive ketones (excluding diaryl/α,β-unsaturated/α-hetero) is 1. The van der Waals surface area contributed by atoms with Crippen molar-refractivity contribution in [2.75, 3.05) is 17.2 Å². The lowest BCUT2D eigenvalue weighted by Crippen LogP contribution is -2.15. The Balaban J connectivity index is 1.25. The summed E-state index contributed by atoms with van der Waals surface area (Å²) in [4.78, 5) is 36.4. The van der Waals surface area contributed by atoms with Crippen molar-refractivity contribution < 1.29 is 9.59 Å². The maximum Gasteiger partial charge on any atom is 0.268 e. The van der Waals surface area contributed by atoms with Crippen LogP contribution in [0.3, 0.4) is 0 Å². The number of hydrogen-bond donors (Lipinski definition) is 2. The lowest BCUT2D eigenvalue weighted by Gasteiger charge is -2.10. The molecule has 0 aliphatic heterocycles. The third-order valence-corrected chi connectivity index (χ3v) is 7.82. The van der Waals surface area contributed by atoms with Crippen LogP contribution < -0.4 is 10.6 Å². The minimum Gasteiger partial charge on any atom is -0.378 e. The van der Waals surface area contributed by atoms with Crippen molar-refractivity contribution >= 4 is 45.7 Å². The quantitative estimate of drug-likeness (QED) is 0.208. The summed E-state index contributed by atoms with van der Waals surface area (Å²) in [7, 11) is 1.86. The Hall–Kier alpha value is -5.09. The van der Waals surface area contributed by atoms with Crippen molar-refractivity contribution in [1.82, 2.24) is 24.3 Å². The van der Waals surface area contributed by atoms with Gasteiger partial charge in [0.2, 0.25) is 5.95 Å². The Bertz CT molecular complexity index is 1820. The fourth-order valence-corrected chi connectivity index (χ4v) is 5.46. The Labute approximate surface area is 240 Å². The normalized spacial score (nSPS) is 11.0. The molecule has 0 saturated heterocycles. The SMILES string of the molecule is Cn1cc(-c2ccc(C(=O)Nc3nc4cc(NCC(=O)c5ccccc5)ccc4n3CCc3cccnc3)s2)cn1. The standard InChI is InChI=1S/C31H27N7O2S/c1-37-20-23(18-34-37)28-11-12-29(41-28)30(40)36-31-35-25-16-24(33-19-27(39)22-7-3-2-4-8-22)9-10-26(25)38(31)15-13-21-6-5-14-32-17-21/h2-12,14,16-18,20,33H,13,15,19H2,1H3,(H,35,36,40). The third-order valence-electron chi connectivity index (χ3n) is 6.69. The van der Waals surface area contributed by atoms with E-state index in [1.807, 2.05) is 84.7 Å². The summed E-state index contributed by atoms with van der Waals surface area (Å²) in [5.41, 5.74) is 5.08. The molecule has 0 aliphatic rings. The first-order valence-corrected chi connectivity index (χ1v) is 14.0. The number of nitrogens with zero attached hydrogens (tertiary/aromatic N) is 5. The lowest BCUT2D eigenvalue weighted by atomic mass is 10.1. The van der Waals surface area contributed by atoms with Crippen LogP contribution in [0.15, 0.2) is 97.6 Å². The molecule has 0 fully saturated rings. The van der Waals surface area contributed by atoms with Crippen LogP contribution >= 0.6 is 11.3 Å². The van der Waals surface area contributed by atoms with Gasteiger partial charge in [-0.2, -0.15) is 5.10 Å². The summed E-state index contributed by atoms with van der Waals surface area (Å²) in [6, 6.07) is 22.7. The number of pyridine rings is 1. The van der Waals surface area contributed by atoms with E-state index in [1.165, 1.54) is 11.3 Å². The Morgan fingerprint density at radius 1 is 0.976 bits per heavy atom. The average molecular weight is 562 g/mol. The zero-order valence-corrected chi connectivity index (χ0v) is 23.1. The minimum atomic E-state index is -0.227. The van der Waals surface area contributed by atoms with Crippen molar-refractivity contribution in [3.8, 4) is 10.4 Å². The van der Waals surface area contributed by atoms with Crippen molar-refractivity contribution in [1.29, 1.82) is 0 Å². The van der Waals surface area contributed by atoms with Gasteiger partial charge in [-0.15, -0.1) is 11.3 Å². The molecule has 4 aromatic heterocycles. The molecular formula is C31H27N7O2S. The van der Waals surface area contributed by atoms with E-state index in [0.29, 0.717) is 28.5 Å². The van der Waals surface area contributed by atoms with Crippen LogP contribution in [0.4, 0.5) is 11.6 Å². The molecule has 204 valence electrons. The van der Waals surface area contributed by atoms with E-state index in [0.717, 1.165) is 33.6 Å². The van der Waals surface area contributed by atoms with Crippen molar-refractivity contribution in [2.45, 2.75) is 13.0 Å². The molecule has 2 aromatic carbocycles. The molecule has 0 radical (unpaired) electrons. The van der Waals surface area contributed by atoms with Gasteiger partial charge in [-0.05, 0) is 48.4 Å². The highest BCUT2D eigenvalue weighted by molar-refractivity contribution is 7.17. The molecule has 0 aliphatic carbocycles. The smallest absolute Gasteiger partial charge is 0.268 e. The van der Waals surface area contributed by atoms with Crippen molar-refractivity contribution in [3.05, 3.63) is 114 Å². The molecule has 10 heteroatoms. The number of aryl methyl sites for hydroxylation is 3. The second-order valence-corrected chi connectivity index (χ2v) is 10.6. The van der Waals surface area contributed by atoms with Gasteiger partial charge in [0.05, 0.1) is 28.7 Å². The summed E-state index contributed by atoms with van der Waals surface area (Å²) in [5.74, 6) is 0.236. The summed E-state index contributed by atoms with van der Waals surface area (Å²) in [6.45, 7) is 0.765. The largest absolute Gasteiger partial charge is 0.378 e. The molecule has 2 N–H and O–H groups in total. The number of carbonyl (C=O) groups excluding carboxylic acids is 2. The monoisotopic (exact) mass is 561 g/mol. The van der Waals surface area contributed by atoms with Crippen LogP contribution in [-0.2, 0) is 20.0 Å². The number of carbonyl (C=O) groups is 2. The van der Waals surface area contributed by atoms with Crippen LogP contribution in [0, 0.1) is 0 Å². The third kappa shape index (κ3) is 5.92. The summed E-state index contributed by atoms with van der Waals surface area (Å²) in [6.07, 6.45) is 8.02. The number of nitrogens with one attached hydrogen (secondary N) is 2. The van der Waals surface area contributed by atoms with Gasteiger partial charge in [-0.1, -0.05) is 36.4 Å². The molecule has 9 nitrogen and oxygen atoms in total. The molecule has 0 unspecified atom stereocenters. The Kier molecular flexibility index (Phi) is 7.38. The molecular weight excluding hydrogens is 534 g/mol. The molecule has 1 amide bonds. The number of imidazole rings is 1. The number of benzene rings is 2. The average Bonchev–Trinajstić information content (AvgIpc) is 3.74. The molecule has 0 saturated carbocycles. The van der Waals surface area contributed by atoms with E-state index in [9.17, 15) is 9.59 Å². The molecule has 0 atom stereocenters. The van der Waals surface area contributed by atoms with Gasteiger partial charge in [-0.3, -0.25) is 24.6 Å². The number of rotatable bonds is 10. The minimum absolute atomic E-state index is 0.00208. The van der Waals surface area contributed by atoms with E-state index in [1.54, 1.807) is 29.2 Å². The van der Waals surface area contributed by atoms with Gasteiger partial charge in [0.15, 0.2) is 5.78 Å². The number of fused-ring (bicyclic) bond motifs is 1. The summed E-state index contributed by atoms with van der Waals surface area (Å²) >= 11 is 1.41. The topological polar surface area (TPSA) is 107 Å². The second-order valence-electron chi connectivity index (χ2n) is 9.57. The van der Waals surface area contributed by atoms with Gasteiger partial charge >= 0.3 is 0 Å². The van der Waals surface area contributed by atoms with Gasteiger partial charge in [0.1, 0.15) is 0 Å². The Morgan fingerprint density at radius 3 is 2.63 bits per heavy atom. The molecule has 6 aromatic rings. The first kappa shape index (κ1) is 26.1. The zero-order chi connectivity index (χ0) is 28.2. The molecule has 0 spiro atoms. The van der Waals surface area contributed by atoms with E-state index in [-0.39, 0.29) is 18.2 Å². The number of anilines is 2. The van der Waals surface area contributed by atoms with Crippen LogP contribution in [-0.4, -0.2) is 42.6 Å². The summed E-state index contributed by atoms with van der Waals surface area (Å²) in [5, 5.41) is 10.5. The zero-order valence-electron chi connectivity index (χ0n) is 22.3. The number of thiophene rings is 1. The number of ketones is 1. The Morgan fingerprint density at radius 2 is 1.85 bits per heavy atom. The van der Waals surface area contributed by atoms with Gasteiger partial charge in [-0.25, -0.2) is 4.98 Å². The van der Waals surface area contributed by atoms with E-state index in [2.05, 4.69) is 20.7 Å². The molecule has 41 heavy (non-hydrogen) atoms. The first-order valence-electron chi connectivity index (χ1n) is 13.1. The first-order chi connectivity index (χ1) is 20.0. The lowest BCUT2D eigenvalue weighted by molar-refractivity contribution is 0.100. The van der Waals surface area contributed by atoms with Crippen LogP contribution in [0.5, 0.6) is 0 Å². The number of amides is 1.